The van der Waals surface area contributed by atoms with Crippen LogP contribution in [0.4, 0.5) is 0 Å². The molecule has 0 aliphatic heterocycles. The number of carbonyl (C=O) groups is 2. The van der Waals surface area contributed by atoms with E-state index in [1.807, 2.05) is 13.0 Å². The highest BCUT2D eigenvalue weighted by atomic mass is 32.1. The Morgan fingerprint density at radius 2 is 2.11 bits per heavy atom. The van der Waals surface area contributed by atoms with E-state index in [0.717, 1.165) is 12.8 Å². The second kappa shape index (κ2) is 6.70. The van der Waals surface area contributed by atoms with E-state index in [1.165, 1.54) is 41.0 Å². The summed E-state index contributed by atoms with van der Waals surface area (Å²) in [5.41, 5.74) is 1.28. The zero-order valence-corrected chi connectivity index (χ0v) is 12.0. The maximum Gasteiger partial charge on any atom is 0.348 e. The molecule has 1 heterocycles. The van der Waals surface area contributed by atoms with Crippen LogP contribution >= 0.6 is 11.3 Å². The summed E-state index contributed by atoms with van der Waals surface area (Å²) in [6, 6.07) is 1.94. The van der Waals surface area contributed by atoms with Crippen molar-refractivity contribution in [1.29, 1.82) is 0 Å². The predicted molar refractivity (Wildman–Crippen MR) is 74.5 cm³/mol. The Kier molecular flexibility index (Phi) is 4.96. The Labute approximate surface area is 117 Å². The Hall–Kier alpha value is -1.36. The van der Waals surface area contributed by atoms with Crippen LogP contribution < -0.4 is 5.32 Å². The van der Waals surface area contributed by atoms with Gasteiger partial charge < -0.3 is 10.1 Å². The average Bonchev–Trinajstić information content (AvgIpc) is 2.68. The van der Waals surface area contributed by atoms with Gasteiger partial charge in [-0.3, -0.25) is 4.79 Å². The molecule has 1 aliphatic carbocycles. The van der Waals surface area contributed by atoms with Crippen molar-refractivity contribution in [3.05, 3.63) is 21.4 Å². The van der Waals surface area contributed by atoms with Crippen molar-refractivity contribution in [2.75, 3.05) is 13.2 Å². The maximum absolute atomic E-state index is 11.9. The fourth-order valence-electron chi connectivity index (χ4n) is 2.22. The number of fused-ring (bicyclic) bond motifs is 1. The lowest BCUT2D eigenvalue weighted by atomic mass is 10.1. The van der Waals surface area contributed by atoms with Crippen molar-refractivity contribution in [2.24, 2.45) is 0 Å². The first-order valence-electron chi connectivity index (χ1n) is 6.76. The molecule has 1 aliphatic rings. The zero-order valence-electron chi connectivity index (χ0n) is 11.2. The van der Waals surface area contributed by atoms with Crippen LogP contribution in [0.2, 0.25) is 0 Å². The van der Waals surface area contributed by atoms with Crippen LogP contribution in [0.15, 0.2) is 6.07 Å². The van der Waals surface area contributed by atoms with E-state index in [-0.39, 0.29) is 18.5 Å². The van der Waals surface area contributed by atoms with Gasteiger partial charge in [-0.05, 0) is 44.2 Å². The highest BCUT2D eigenvalue weighted by Crippen LogP contribution is 2.29. The van der Waals surface area contributed by atoms with Crippen molar-refractivity contribution in [3.63, 3.8) is 0 Å². The molecule has 0 saturated carbocycles. The van der Waals surface area contributed by atoms with Gasteiger partial charge in [0.1, 0.15) is 4.88 Å². The van der Waals surface area contributed by atoms with E-state index >= 15 is 0 Å². The number of hydrogen-bond donors (Lipinski definition) is 1. The fraction of sp³-hybridized carbons (Fsp3) is 0.571. The predicted octanol–water partition coefficient (Wildman–Crippen LogP) is 2.31. The van der Waals surface area contributed by atoms with Crippen LogP contribution in [0.3, 0.4) is 0 Å². The van der Waals surface area contributed by atoms with Gasteiger partial charge in [-0.2, -0.15) is 0 Å². The highest BCUT2D eigenvalue weighted by Gasteiger charge is 2.18. The minimum absolute atomic E-state index is 0.199. The summed E-state index contributed by atoms with van der Waals surface area (Å²) in [6.07, 6.45) is 5.76. The Morgan fingerprint density at radius 1 is 1.32 bits per heavy atom. The molecule has 0 saturated heterocycles. The van der Waals surface area contributed by atoms with Crippen molar-refractivity contribution in [3.8, 4) is 0 Å². The number of likely N-dealkylation sites (N-methyl/N-ethyl adjacent to an activating group) is 1. The maximum atomic E-state index is 11.9. The Morgan fingerprint density at radius 3 is 2.89 bits per heavy atom. The largest absolute Gasteiger partial charge is 0.451 e. The Bertz CT molecular complexity index is 444. The van der Waals surface area contributed by atoms with Crippen molar-refractivity contribution in [1.82, 2.24) is 5.32 Å². The molecule has 0 fully saturated rings. The lowest BCUT2D eigenvalue weighted by molar-refractivity contribution is -0.124. The molecular weight excluding hydrogens is 262 g/mol. The molecule has 1 N–H and O–H groups in total. The van der Waals surface area contributed by atoms with Gasteiger partial charge >= 0.3 is 5.97 Å². The molecule has 2 rings (SSSR count). The van der Waals surface area contributed by atoms with Crippen LogP contribution in [0.25, 0.3) is 0 Å². The average molecular weight is 281 g/mol. The second-order valence-electron chi connectivity index (χ2n) is 4.65. The molecule has 0 radical (unpaired) electrons. The zero-order chi connectivity index (χ0) is 13.7. The number of thiophene rings is 1. The quantitative estimate of drug-likeness (QED) is 0.680. The van der Waals surface area contributed by atoms with E-state index < -0.39 is 0 Å². The summed E-state index contributed by atoms with van der Waals surface area (Å²) < 4.78 is 5.01. The molecule has 19 heavy (non-hydrogen) atoms. The number of nitrogens with one attached hydrogen (secondary N) is 1. The summed E-state index contributed by atoms with van der Waals surface area (Å²) >= 11 is 1.52. The van der Waals surface area contributed by atoms with Gasteiger partial charge in [-0.25, -0.2) is 4.79 Å². The number of ether oxygens (including phenoxy) is 1. The number of esters is 1. The third kappa shape index (κ3) is 3.80. The van der Waals surface area contributed by atoms with E-state index in [2.05, 4.69) is 5.32 Å². The monoisotopic (exact) mass is 281 g/mol. The van der Waals surface area contributed by atoms with Crippen molar-refractivity contribution < 1.29 is 14.3 Å². The lowest BCUT2D eigenvalue weighted by Gasteiger charge is -2.03. The molecule has 1 aromatic heterocycles. The van der Waals surface area contributed by atoms with Gasteiger partial charge in [0.25, 0.3) is 5.91 Å². The second-order valence-corrected chi connectivity index (χ2v) is 5.79. The third-order valence-electron chi connectivity index (χ3n) is 3.16. The molecule has 0 bridgehead atoms. The van der Waals surface area contributed by atoms with E-state index in [0.29, 0.717) is 11.4 Å². The van der Waals surface area contributed by atoms with E-state index in [4.69, 9.17) is 4.74 Å². The molecule has 0 unspecified atom stereocenters. The van der Waals surface area contributed by atoms with Gasteiger partial charge in [0, 0.05) is 11.4 Å². The summed E-state index contributed by atoms with van der Waals surface area (Å²) in [4.78, 5) is 25.0. The summed E-state index contributed by atoms with van der Waals surface area (Å²) in [7, 11) is 0. The molecule has 0 spiro atoms. The topological polar surface area (TPSA) is 55.4 Å². The number of carbonyl (C=O) groups excluding carboxylic acids is 2. The number of aryl methyl sites for hydroxylation is 2. The van der Waals surface area contributed by atoms with Crippen LogP contribution in [0.5, 0.6) is 0 Å². The number of hydrogen-bond acceptors (Lipinski definition) is 4. The minimum atomic E-state index is -0.385. The molecular formula is C14H19NO3S. The normalized spacial score (nSPS) is 14.4. The smallest absolute Gasteiger partial charge is 0.348 e. The van der Waals surface area contributed by atoms with Gasteiger partial charge in [0.2, 0.25) is 0 Å². The lowest BCUT2D eigenvalue weighted by Crippen LogP contribution is -2.28. The van der Waals surface area contributed by atoms with Crippen LogP contribution in [-0.2, 0) is 22.4 Å². The van der Waals surface area contributed by atoms with Gasteiger partial charge in [-0.1, -0.05) is 6.42 Å². The molecule has 4 nitrogen and oxygen atoms in total. The molecule has 0 atom stereocenters. The highest BCUT2D eigenvalue weighted by molar-refractivity contribution is 7.14. The summed E-state index contributed by atoms with van der Waals surface area (Å²) in [6.45, 7) is 2.18. The number of rotatable bonds is 4. The molecule has 104 valence electrons. The first-order chi connectivity index (χ1) is 9.20. The SMILES string of the molecule is CCNC(=O)COC(=O)c1cc2c(s1)CCCCC2. The molecule has 1 amide bonds. The minimum Gasteiger partial charge on any atom is -0.451 e. The Balaban J connectivity index is 1.94. The summed E-state index contributed by atoms with van der Waals surface area (Å²) in [5.74, 6) is -0.640. The van der Waals surface area contributed by atoms with Crippen LogP contribution in [0, 0.1) is 0 Å². The third-order valence-corrected chi connectivity index (χ3v) is 4.37. The van der Waals surface area contributed by atoms with Crippen LogP contribution in [-0.4, -0.2) is 25.0 Å². The van der Waals surface area contributed by atoms with Crippen molar-refractivity contribution in [2.45, 2.75) is 39.0 Å². The molecule has 1 aromatic rings. The van der Waals surface area contributed by atoms with Crippen LogP contribution in [0.1, 0.15) is 46.3 Å². The molecule has 0 aromatic carbocycles. The number of amides is 1. The fourth-order valence-corrected chi connectivity index (χ4v) is 3.37. The van der Waals surface area contributed by atoms with Gasteiger partial charge in [0.05, 0.1) is 0 Å². The van der Waals surface area contributed by atoms with Gasteiger partial charge in [-0.15, -0.1) is 11.3 Å². The first-order valence-corrected chi connectivity index (χ1v) is 7.57. The summed E-state index contributed by atoms with van der Waals surface area (Å²) in [5, 5.41) is 2.60. The molecule has 5 heteroatoms. The van der Waals surface area contributed by atoms with Gasteiger partial charge in [0.15, 0.2) is 6.61 Å². The first kappa shape index (κ1) is 14.1. The van der Waals surface area contributed by atoms with E-state index in [9.17, 15) is 9.59 Å². The van der Waals surface area contributed by atoms with Crippen molar-refractivity contribution >= 4 is 23.2 Å². The standard InChI is InChI=1S/C14H19NO3S/c1-2-15-13(16)9-18-14(17)12-8-10-6-4-3-5-7-11(10)19-12/h8H,2-7,9H2,1H3,(H,15,16). The van der Waals surface area contributed by atoms with E-state index in [1.54, 1.807) is 0 Å².